The van der Waals surface area contributed by atoms with E-state index in [4.69, 9.17) is 16.3 Å². The summed E-state index contributed by atoms with van der Waals surface area (Å²) in [6.07, 6.45) is 0.197. The van der Waals surface area contributed by atoms with Crippen molar-refractivity contribution >= 4 is 41.1 Å². The van der Waals surface area contributed by atoms with Gasteiger partial charge in [-0.2, -0.15) is 0 Å². The summed E-state index contributed by atoms with van der Waals surface area (Å²) in [7, 11) is 0. The van der Waals surface area contributed by atoms with Gasteiger partial charge in [-0.25, -0.2) is 9.78 Å². The molecule has 0 bridgehead atoms. The van der Waals surface area contributed by atoms with Gasteiger partial charge in [-0.15, -0.1) is 0 Å². The lowest BCUT2D eigenvalue weighted by Crippen LogP contribution is -2.48. The first-order valence-corrected chi connectivity index (χ1v) is 10.9. The Balaban J connectivity index is 1.55. The monoisotopic (exact) mass is 477 g/mol. The molecule has 0 fully saturated rings. The molecular formula is C25H20ClN3O5. The zero-order valence-electron chi connectivity index (χ0n) is 18.1. The molecule has 0 aliphatic carbocycles. The predicted molar refractivity (Wildman–Crippen MR) is 124 cm³/mol. The number of fused-ring (bicyclic) bond motifs is 1. The van der Waals surface area contributed by atoms with Crippen LogP contribution in [0.2, 0.25) is 5.02 Å². The first-order valence-electron chi connectivity index (χ1n) is 10.5. The van der Waals surface area contributed by atoms with Gasteiger partial charge in [-0.1, -0.05) is 54.1 Å². The number of hydrogen-bond donors (Lipinski definition) is 1. The highest BCUT2D eigenvalue weighted by molar-refractivity contribution is 6.30. The number of carbonyl (C=O) groups is 4. The van der Waals surface area contributed by atoms with Gasteiger partial charge in [0.1, 0.15) is 11.9 Å². The average molecular weight is 478 g/mol. The van der Waals surface area contributed by atoms with Crippen LogP contribution in [0.1, 0.15) is 33.2 Å². The Morgan fingerprint density at radius 3 is 2.18 bits per heavy atom. The van der Waals surface area contributed by atoms with Crippen molar-refractivity contribution in [2.24, 2.45) is 0 Å². The molecule has 4 rings (SSSR count). The fraction of sp³-hybridized carbons (Fsp3) is 0.160. The largest absolute Gasteiger partial charge is 0.451 e. The minimum Gasteiger partial charge on any atom is -0.451 e. The number of pyridine rings is 1. The van der Waals surface area contributed by atoms with Gasteiger partial charge >= 0.3 is 5.97 Å². The summed E-state index contributed by atoms with van der Waals surface area (Å²) in [6, 6.07) is 17.1. The highest BCUT2D eigenvalue weighted by Gasteiger charge is 2.44. The van der Waals surface area contributed by atoms with Crippen molar-refractivity contribution in [3.63, 3.8) is 0 Å². The zero-order valence-corrected chi connectivity index (χ0v) is 18.9. The Morgan fingerprint density at radius 2 is 1.59 bits per heavy atom. The van der Waals surface area contributed by atoms with Crippen LogP contribution >= 0.6 is 11.6 Å². The van der Waals surface area contributed by atoms with Crippen LogP contribution in [-0.2, 0) is 20.7 Å². The number of halogens is 1. The van der Waals surface area contributed by atoms with Crippen LogP contribution in [0.25, 0.3) is 0 Å². The topological polar surface area (TPSA) is 106 Å². The lowest BCUT2D eigenvalue weighted by molar-refractivity contribution is -0.157. The summed E-state index contributed by atoms with van der Waals surface area (Å²) in [5.41, 5.74) is 1.17. The molecule has 0 unspecified atom stereocenters. The van der Waals surface area contributed by atoms with Crippen LogP contribution < -0.4 is 5.32 Å². The molecule has 2 heterocycles. The van der Waals surface area contributed by atoms with Crippen LogP contribution in [0.5, 0.6) is 0 Å². The van der Waals surface area contributed by atoms with Gasteiger partial charge in [0.15, 0.2) is 6.10 Å². The number of anilines is 1. The molecule has 9 heteroatoms. The summed E-state index contributed by atoms with van der Waals surface area (Å²) >= 11 is 5.80. The van der Waals surface area contributed by atoms with Gasteiger partial charge in [0.25, 0.3) is 17.7 Å². The second kappa shape index (κ2) is 9.84. The number of benzene rings is 2. The standard InChI is InChI=1S/C25H20ClN3O5/c1-15(22(30)28-21-12-11-17(26)14-27-21)34-25(33)20(13-16-7-3-2-4-8-16)29-23(31)18-9-5-6-10-19(18)24(29)32/h2-12,14-15,20H,13H2,1H3,(H,27,28,30)/t15-,20-/m0/s1. The first kappa shape index (κ1) is 23.1. The van der Waals surface area contributed by atoms with Crippen LogP contribution in [0.15, 0.2) is 72.9 Å². The minimum atomic E-state index is -1.25. The SMILES string of the molecule is C[C@H](OC(=O)[C@H](Cc1ccccc1)N1C(=O)c2ccccc2C1=O)C(=O)Nc1ccc(Cl)cn1. The van der Waals surface area contributed by atoms with Crippen molar-refractivity contribution in [3.8, 4) is 0 Å². The molecule has 172 valence electrons. The molecule has 8 nitrogen and oxygen atoms in total. The van der Waals surface area contributed by atoms with Crippen molar-refractivity contribution in [2.75, 3.05) is 5.32 Å². The van der Waals surface area contributed by atoms with Gasteiger partial charge in [-0.3, -0.25) is 19.3 Å². The Hall–Kier alpha value is -4.04. The second-order valence-corrected chi connectivity index (χ2v) is 8.10. The van der Waals surface area contributed by atoms with E-state index >= 15 is 0 Å². The van der Waals surface area contributed by atoms with Crippen molar-refractivity contribution < 1.29 is 23.9 Å². The van der Waals surface area contributed by atoms with E-state index in [1.165, 1.54) is 31.3 Å². The molecule has 1 aliphatic heterocycles. The number of nitrogens with zero attached hydrogens (tertiary/aromatic N) is 2. The van der Waals surface area contributed by atoms with E-state index in [9.17, 15) is 19.2 Å². The van der Waals surface area contributed by atoms with Crippen molar-refractivity contribution in [1.29, 1.82) is 0 Å². The molecule has 2 aromatic carbocycles. The third-order valence-corrected chi connectivity index (χ3v) is 5.55. The van der Waals surface area contributed by atoms with Crippen LogP contribution in [-0.4, -0.2) is 45.7 Å². The van der Waals surface area contributed by atoms with Crippen molar-refractivity contribution in [1.82, 2.24) is 9.88 Å². The summed E-state index contributed by atoms with van der Waals surface area (Å²) in [5, 5.41) is 2.94. The van der Waals surface area contributed by atoms with Crippen molar-refractivity contribution in [2.45, 2.75) is 25.5 Å². The molecule has 3 amide bonds. The molecule has 1 aromatic heterocycles. The molecular weight excluding hydrogens is 458 g/mol. The Kier molecular flexibility index (Phi) is 6.70. The summed E-state index contributed by atoms with van der Waals surface area (Å²) in [6.45, 7) is 1.39. The fourth-order valence-corrected chi connectivity index (χ4v) is 3.70. The van der Waals surface area contributed by atoms with E-state index in [0.717, 1.165) is 10.5 Å². The number of aromatic nitrogens is 1. The number of hydrogen-bond acceptors (Lipinski definition) is 6. The molecule has 0 saturated carbocycles. The lowest BCUT2D eigenvalue weighted by Gasteiger charge is -2.26. The molecule has 0 spiro atoms. The van der Waals surface area contributed by atoms with E-state index in [0.29, 0.717) is 5.02 Å². The zero-order chi connectivity index (χ0) is 24.2. The van der Waals surface area contributed by atoms with Crippen LogP contribution in [0, 0.1) is 0 Å². The summed E-state index contributed by atoms with van der Waals surface area (Å²) in [5.74, 6) is -2.42. The van der Waals surface area contributed by atoms with Gasteiger partial charge in [0.2, 0.25) is 0 Å². The van der Waals surface area contributed by atoms with Crippen molar-refractivity contribution in [3.05, 3.63) is 94.6 Å². The minimum absolute atomic E-state index is 0.0399. The number of ether oxygens (including phenoxy) is 1. The molecule has 2 atom stereocenters. The first-order chi connectivity index (χ1) is 16.3. The Labute approximate surface area is 200 Å². The van der Waals surface area contributed by atoms with Crippen LogP contribution in [0.4, 0.5) is 5.82 Å². The third kappa shape index (κ3) is 4.82. The van der Waals surface area contributed by atoms with Gasteiger partial charge in [0.05, 0.1) is 16.1 Å². The Bertz CT molecular complexity index is 1210. The number of carbonyl (C=O) groups excluding carboxylic acids is 4. The number of rotatable bonds is 7. The molecule has 0 radical (unpaired) electrons. The molecule has 0 saturated heterocycles. The summed E-state index contributed by atoms with van der Waals surface area (Å²) < 4.78 is 5.40. The average Bonchev–Trinajstić information content (AvgIpc) is 3.09. The lowest BCUT2D eigenvalue weighted by atomic mass is 10.0. The molecule has 3 aromatic rings. The predicted octanol–water partition coefficient (Wildman–Crippen LogP) is 3.51. The normalized spacial score (nSPS) is 14.4. The molecule has 34 heavy (non-hydrogen) atoms. The number of nitrogens with one attached hydrogen (secondary N) is 1. The maximum atomic E-state index is 13.2. The number of imide groups is 1. The second-order valence-electron chi connectivity index (χ2n) is 7.66. The maximum absolute atomic E-state index is 13.2. The smallest absolute Gasteiger partial charge is 0.330 e. The molecule has 1 aliphatic rings. The van der Waals surface area contributed by atoms with Crippen LogP contribution in [0.3, 0.4) is 0 Å². The third-order valence-electron chi connectivity index (χ3n) is 5.32. The van der Waals surface area contributed by atoms with E-state index in [-0.39, 0.29) is 23.4 Å². The van der Waals surface area contributed by atoms with E-state index in [1.807, 2.05) is 6.07 Å². The van der Waals surface area contributed by atoms with Gasteiger partial charge in [0, 0.05) is 12.6 Å². The highest BCUT2D eigenvalue weighted by Crippen LogP contribution is 2.26. The van der Waals surface area contributed by atoms with E-state index in [1.54, 1.807) is 42.5 Å². The molecule has 1 N–H and O–H groups in total. The van der Waals surface area contributed by atoms with E-state index in [2.05, 4.69) is 10.3 Å². The van der Waals surface area contributed by atoms with E-state index < -0.39 is 35.8 Å². The quantitative estimate of drug-likeness (QED) is 0.412. The van der Waals surface area contributed by atoms with Gasteiger partial charge in [-0.05, 0) is 36.8 Å². The Morgan fingerprint density at radius 1 is 0.971 bits per heavy atom. The maximum Gasteiger partial charge on any atom is 0.330 e. The highest BCUT2D eigenvalue weighted by atomic mass is 35.5. The fourth-order valence-electron chi connectivity index (χ4n) is 3.59. The van der Waals surface area contributed by atoms with Gasteiger partial charge < -0.3 is 10.1 Å². The summed E-state index contributed by atoms with van der Waals surface area (Å²) in [4.78, 5) is 56.7. The number of amides is 3. The number of esters is 1.